The number of carbonyl (C=O) groups is 3. The summed E-state index contributed by atoms with van der Waals surface area (Å²) < 4.78 is 16.7. The first-order chi connectivity index (χ1) is 13.1. The summed E-state index contributed by atoms with van der Waals surface area (Å²) in [5.74, 6) is -0.854. The van der Waals surface area contributed by atoms with Crippen LogP contribution in [-0.4, -0.2) is 37.9 Å². The molecule has 0 unspecified atom stereocenters. The maximum absolute atomic E-state index is 13.7. The third-order valence-corrected chi connectivity index (χ3v) is 8.10. The van der Waals surface area contributed by atoms with Gasteiger partial charge in [-0.1, -0.05) is 20.8 Å². The molecule has 1 aliphatic heterocycles. The molecule has 0 aromatic heterocycles. The highest BCUT2D eigenvalue weighted by Crippen LogP contribution is 2.67. The molecular formula is C22H28O6. The van der Waals surface area contributed by atoms with Gasteiger partial charge >= 0.3 is 5.97 Å². The second-order valence-electron chi connectivity index (χ2n) is 9.16. The molecule has 0 aromatic carbocycles. The smallest absolute Gasteiger partial charge is 0.306 e. The number of methoxy groups -OCH3 is 2. The summed E-state index contributed by atoms with van der Waals surface area (Å²) in [5.41, 5.74) is -0.795. The van der Waals surface area contributed by atoms with Crippen molar-refractivity contribution in [2.24, 2.45) is 34.5 Å². The zero-order valence-electron chi connectivity index (χ0n) is 17.3. The van der Waals surface area contributed by atoms with Crippen LogP contribution in [0.5, 0.6) is 0 Å². The van der Waals surface area contributed by atoms with E-state index in [-0.39, 0.29) is 47.5 Å². The Morgan fingerprint density at radius 2 is 1.82 bits per heavy atom. The maximum Gasteiger partial charge on any atom is 0.306 e. The highest BCUT2D eigenvalue weighted by atomic mass is 16.5. The van der Waals surface area contributed by atoms with Crippen molar-refractivity contribution in [1.29, 1.82) is 0 Å². The first kappa shape index (κ1) is 19.2. The number of hydrogen-bond acceptors (Lipinski definition) is 6. The van der Waals surface area contributed by atoms with E-state index in [1.54, 1.807) is 0 Å². The van der Waals surface area contributed by atoms with Gasteiger partial charge in [-0.2, -0.15) is 0 Å². The summed E-state index contributed by atoms with van der Waals surface area (Å²) in [6.07, 6.45) is 2.21. The molecule has 4 rings (SSSR count). The average molecular weight is 388 g/mol. The molecule has 1 heterocycles. The summed E-state index contributed by atoms with van der Waals surface area (Å²) >= 11 is 0. The number of hydrogen-bond donors (Lipinski definition) is 0. The number of fused-ring (bicyclic) bond motifs is 2. The summed E-state index contributed by atoms with van der Waals surface area (Å²) in [6.45, 7) is 7.80. The van der Waals surface area contributed by atoms with Crippen molar-refractivity contribution in [3.8, 4) is 0 Å². The fourth-order valence-corrected chi connectivity index (χ4v) is 6.81. The molecule has 0 bridgehead atoms. The maximum atomic E-state index is 13.7. The van der Waals surface area contributed by atoms with Crippen LogP contribution in [0.3, 0.4) is 0 Å². The van der Waals surface area contributed by atoms with Crippen molar-refractivity contribution in [2.75, 3.05) is 14.2 Å². The van der Waals surface area contributed by atoms with Gasteiger partial charge in [-0.15, -0.1) is 0 Å². The highest BCUT2D eigenvalue weighted by Gasteiger charge is 2.72. The second kappa shape index (κ2) is 5.94. The van der Waals surface area contributed by atoms with Crippen molar-refractivity contribution in [1.82, 2.24) is 0 Å². The third-order valence-electron chi connectivity index (χ3n) is 8.10. The molecule has 0 N–H and O–H groups in total. The van der Waals surface area contributed by atoms with E-state index >= 15 is 0 Å². The largest absolute Gasteiger partial charge is 0.493 e. The SMILES string of the molecule is COC1=C[C@@H](C)[C@@H]2C[C@H]3OC(=O)C[C@H]4C(C)=C(OC)C(=O)[C@@H]([C@@]2(C)C1=O)[C@@]34C. The van der Waals surface area contributed by atoms with E-state index in [0.29, 0.717) is 12.2 Å². The lowest BCUT2D eigenvalue weighted by atomic mass is 9.40. The van der Waals surface area contributed by atoms with Crippen LogP contribution in [-0.2, 0) is 28.6 Å². The van der Waals surface area contributed by atoms with Gasteiger partial charge < -0.3 is 14.2 Å². The topological polar surface area (TPSA) is 78.9 Å². The van der Waals surface area contributed by atoms with Crippen LogP contribution in [0.2, 0.25) is 0 Å². The van der Waals surface area contributed by atoms with Crippen LogP contribution in [0.4, 0.5) is 0 Å². The zero-order valence-corrected chi connectivity index (χ0v) is 17.3. The zero-order chi connectivity index (χ0) is 20.6. The van der Waals surface area contributed by atoms with E-state index in [4.69, 9.17) is 14.2 Å². The second-order valence-corrected chi connectivity index (χ2v) is 9.16. The third kappa shape index (κ3) is 2.06. The highest BCUT2D eigenvalue weighted by molar-refractivity contribution is 6.07. The van der Waals surface area contributed by atoms with Crippen molar-refractivity contribution in [3.63, 3.8) is 0 Å². The van der Waals surface area contributed by atoms with Crippen LogP contribution < -0.4 is 0 Å². The number of rotatable bonds is 2. The molecule has 152 valence electrons. The Balaban J connectivity index is 1.99. The lowest BCUT2D eigenvalue weighted by molar-refractivity contribution is -0.217. The molecule has 0 aromatic rings. The van der Waals surface area contributed by atoms with Gasteiger partial charge in [-0.3, -0.25) is 14.4 Å². The van der Waals surface area contributed by atoms with Gasteiger partial charge in [-0.25, -0.2) is 0 Å². The number of carbonyl (C=O) groups excluding carboxylic acids is 3. The van der Waals surface area contributed by atoms with Crippen LogP contribution in [0.15, 0.2) is 23.2 Å². The number of ether oxygens (including phenoxy) is 3. The molecular weight excluding hydrogens is 360 g/mol. The Hall–Kier alpha value is -2.11. The first-order valence-corrected chi connectivity index (χ1v) is 9.91. The van der Waals surface area contributed by atoms with Gasteiger partial charge in [0.25, 0.3) is 0 Å². The Kier molecular flexibility index (Phi) is 4.08. The molecule has 2 fully saturated rings. The summed E-state index contributed by atoms with van der Waals surface area (Å²) in [7, 11) is 2.97. The summed E-state index contributed by atoms with van der Waals surface area (Å²) in [5, 5.41) is 0. The van der Waals surface area contributed by atoms with Gasteiger partial charge in [0.05, 0.1) is 20.6 Å². The van der Waals surface area contributed by atoms with Gasteiger partial charge in [0, 0.05) is 22.7 Å². The lowest BCUT2D eigenvalue weighted by Crippen LogP contribution is -2.69. The number of ketones is 2. The molecule has 0 radical (unpaired) electrons. The van der Waals surface area contributed by atoms with Gasteiger partial charge in [0.1, 0.15) is 6.10 Å². The van der Waals surface area contributed by atoms with Crippen molar-refractivity contribution < 1.29 is 28.6 Å². The van der Waals surface area contributed by atoms with Gasteiger partial charge in [-0.05, 0) is 36.8 Å². The molecule has 4 aliphatic rings. The van der Waals surface area contributed by atoms with E-state index in [9.17, 15) is 14.4 Å². The van der Waals surface area contributed by atoms with Gasteiger partial charge in [0.2, 0.25) is 11.6 Å². The molecule has 0 spiro atoms. The minimum atomic E-state index is -0.936. The predicted octanol–water partition coefficient (Wildman–Crippen LogP) is 2.82. The summed E-state index contributed by atoms with van der Waals surface area (Å²) in [4.78, 5) is 39.6. The fraction of sp³-hybridized carbons (Fsp3) is 0.682. The molecule has 1 saturated carbocycles. The summed E-state index contributed by atoms with van der Waals surface area (Å²) in [6, 6.07) is 0. The van der Waals surface area contributed by atoms with E-state index in [0.717, 1.165) is 5.57 Å². The molecule has 3 aliphatic carbocycles. The van der Waals surface area contributed by atoms with E-state index in [2.05, 4.69) is 0 Å². The predicted molar refractivity (Wildman–Crippen MR) is 99.8 cm³/mol. The molecule has 28 heavy (non-hydrogen) atoms. The molecule has 6 nitrogen and oxygen atoms in total. The molecule has 0 amide bonds. The Bertz CT molecular complexity index is 838. The van der Waals surface area contributed by atoms with Crippen LogP contribution in [0.1, 0.15) is 40.5 Å². The first-order valence-electron chi connectivity index (χ1n) is 9.91. The van der Waals surface area contributed by atoms with Crippen molar-refractivity contribution in [3.05, 3.63) is 23.2 Å². The molecule has 7 atom stereocenters. The van der Waals surface area contributed by atoms with Crippen LogP contribution in [0, 0.1) is 34.5 Å². The number of allylic oxidation sites excluding steroid dienone is 4. The Labute approximate surface area is 165 Å². The van der Waals surface area contributed by atoms with Crippen LogP contribution in [0.25, 0.3) is 0 Å². The van der Waals surface area contributed by atoms with E-state index in [1.807, 2.05) is 33.8 Å². The normalized spacial score (nSPS) is 45.0. The minimum absolute atomic E-state index is 0.0204. The monoisotopic (exact) mass is 388 g/mol. The Morgan fingerprint density at radius 3 is 2.43 bits per heavy atom. The van der Waals surface area contributed by atoms with E-state index < -0.39 is 22.9 Å². The molecule has 6 heteroatoms. The van der Waals surface area contributed by atoms with Crippen LogP contribution >= 0.6 is 0 Å². The molecule has 1 saturated heterocycles. The average Bonchev–Trinajstić information content (AvgIpc) is 2.63. The van der Waals surface area contributed by atoms with Crippen molar-refractivity contribution in [2.45, 2.75) is 46.6 Å². The standard InChI is InChI=1S/C22H28O6/c1-10-7-14(26-5)20(25)22(4)12(10)8-15-21(3)13(9-16(23)28-15)11(2)18(27-6)17(24)19(21)22/h7,10,12-13,15,19H,8-9H2,1-6H3/t10-,12+,13+,15-,19-,21-,22+/m1/s1. The quantitative estimate of drug-likeness (QED) is 0.677. The fourth-order valence-electron chi connectivity index (χ4n) is 6.81. The number of esters is 1. The minimum Gasteiger partial charge on any atom is -0.493 e. The van der Waals surface area contributed by atoms with E-state index in [1.165, 1.54) is 14.2 Å². The Morgan fingerprint density at radius 1 is 1.14 bits per heavy atom. The van der Waals surface area contributed by atoms with Crippen molar-refractivity contribution >= 4 is 17.5 Å². The number of Topliss-reactive ketones (excluding diaryl/α,β-unsaturated/α-hetero) is 2. The van der Waals surface area contributed by atoms with Gasteiger partial charge in [0.15, 0.2) is 11.5 Å². The lowest BCUT2D eigenvalue weighted by Gasteiger charge is -2.64.